The monoisotopic (exact) mass is 443 g/mol. The van der Waals surface area contributed by atoms with Gasteiger partial charge < -0.3 is 0 Å². The summed E-state index contributed by atoms with van der Waals surface area (Å²) in [7, 11) is 0. The first-order chi connectivity index (χ1) is 16.7. The molecule has 1 aromatic heterocycles. The van der Waals surface area contributed by atoms with Crippen LogP contribution >= 0.6 is 0 Å². The van der Waals surface area contributed by atoms with Crippen molar-refractivity contribution in [2.24, 2.45) is 5.10 Å². The van der Waals surface area contributed by atoms with Gasteiger partial charge in [0.1, 0.15) is 5.71 Å². The van der Waals surface area contributed by atoms with Gasteiger partial charge in [0, 0.05) is 11.1 Å². The Hall–Kier alpha value is -4.51. The second kappa shape index (κ2) is 9.55. The Balaban J connectivity index is 1.67. The normalized spacial score (nSPS) is 11.4. The molecule has 5 heteroatoms. The number of rotatable bonds is 6. The van der Waals surface area contributed by atoms with E-state index in [1.54, 1.807) is 0 Å². The van der Waals surface area contributed by atoms with Gasteiger partial charge in [-0.3, -0.25) is 5.43 Å². The quantitative estimate of drug-likeness (QED) is 0.243. The van der Waals surface area contributed by atoms with Gasteiger partial charge in [-0.05, 0) is 38.1 Å². The second-order valence-electron chi connectivity index (χ2n) is 8.18. The molecule has 0 fully saturated rings. The molecule has 0 unspecified atom stereocenters. The van der Waals surface area contributed by atoms with Crippen molar-refractivity contribution in [3.05, 3.63) is 132 Å². The van der Waals surface area contributed by atoms with Gasteiger partial charge in [0.25, 0.3) is 0 Å². The smallest absolute Gasteiger partial charge is 0.184 e. The summed E-state index contributed by atoms with van der Waals surface area (Å²) in [5, 5.41) is 9.71. The Morgan fingerprint density at radius 1 is 0.706 bits per heavy atom. The molecule has 0 amide bonds. The number of hydrogen-bond acceptors (Lipinski definition) is 4. The van der Waals surface area contributed by atoms with Crippen molar-refractivity contribution in [2.75, 3.05) is 5.43 Å². The maximum atomic E-state index is 4.96. The maximum absolute atomic E-state index is 4.96. The molecular formula is C29H25N5. The van der Waals surface area contributed by atoms with Crippen LogP contribution in [0.25, 0.3) is 17.1 Å². The van der Waals surface area contributed by atoms with E-state index in [-0.39, 0.29) is 0 Å². The molecule has 4 aromatic carbocycles. The molecule has 0 aliphatic heterocycles. The zero-order chi connectivity index (χ0) is 23.3. The minimum absolute atomic E-state index is 0.648. The highest BCUT2D eigenvalue weighted by Gasteiger charge is 2.20. The molecule has 0 aliphatic rings. The summed E-state index contributed by atoms with van der Waals surface area (Å²) in [5.41, 5.74) is 10.0. The van der Waals surface area contributed by atoms with E-state index in [2.05, 4.69) is 55.7 Å². The van der Waals surface area contributed by atoms with Crippen LogP contribution in [-0.2, 0) is 0 Å². The van der Waals surface area contributed by atoms with Crippen LogP contribution in [0.1, 0.15) is 22.5 Å². The minimum atomic E-state index is 0.648. The molecule has 1 heterocycles. The SMILES string of the molecule is Cc1ccc(N/N=C(\c2ccccc2)c2nc(-c3ccccc3)nn2-c2ccc(C)cc2)cc1. The molecule has 5 nitrogen and oxygen atoms in total. The lowest BCUT2D eigenvalue weighted by Gasteiger charge is -2.10. The van der Waals surface area contributed by atoms with Gasteiger partial charge in [-0.2, -0.15) is 5.10 Å². The third kappa shape index (κ3) is 4.64. The maximum Gasteiger partial charge on any atom is 0.184 e. The number of nitrogens with one attached hydrogen (secondary N) is 1. The van der Waals surface area contributed by atoms with Gasteiger partial charge in [-0.15, -0.1) is 5.10 Å². The molecule has 0 atom stereocenters. The van der Waals surface area contributed by atoms with Gasteiger partial charge in [0.2, 0.25) is 0 Å². The Bertz CT molecular complexity index is 1400. The van der Waals surface area contributed by atoms with Gasteiger partial charge in [-0.25, -0.2) is 9.67 Å². The number of nitrogens with zero attached hydrogens (tertiary/aromatic N) is 4. The van der Waals surface area contributed by atoms with Crippen molar-refractivity contribution in [1.82, 2.24) is 14.8 Å². The lowest BCUT2D eigenvalue weighted by atomic mass is 10.1. The van der Waals surface area contributed by atoms with E-state index in [1.165, 1.54) is 11.1 Å². The zero-order valence-corrected chi connectivity index (χ0v) is 19.2. The number of hydrogen-bond donors (Lipinski definition) is 1. The average Bonchev–Trinajstić information content (AvgIpc) is 3.32. The van der Waals surface area contributed by atoms with Crippen LogP contribution in [0.3, 0.4) is 0 Å². The Kier molecular flexibility index (Phi) is 5.99. The molecule has 0 saturated heterocycles. The molecule has 1 N–H and O–H groups in total. The fraction of sp³-hybridized carbons (Fsp3) is 0.0690. The predicted molar refractivity (Wildman–Crippen MR) is 138 cm³/mol. The van der Waals surface area contributed by atoms with Crippen LogP contribution in [-0.4, -0.2) is 20.5 Å². The molecule has 5 rings (SSSR count). The van der Waals surface area contributed by atoms with Crippen molar-refractivity contribution in [1.29, 1.82) is 0 Å². The number of aryl methyl sites for hydroxylation is 2. The van der Waals surface area contributed by atoms with E-state index in [1.807, 2.05) is 77.5 Å². The van der Waals surface area contributed by atoms with E-state index in [0.717, 1.165) is 22.5 Å². The van der Waals surface area contributed by atoms with Crippen LogP contribution in [0.4, 0.5) is 5.69 Å². The van der Waals surface area contributed by atoms with Gasteiger partial charge in [0.15, 0.2) is 11.6 Å². The number of aromatic nitrogens is 3. The molecule has 0 radical (unpaired) electrons. The lowest BCUT2D eigenvalue weighted by molar-refractivity contribution is 0.870. The van der Waals surface area contributed by atoms with E-state index in [9.17, 15) is 0 Å². The van der Waals surface area contributed by atoms with Crippen molar-refractivity contribution >= 4 is 11.4 Å². The third-order valence-electron chi connectivity index (χ3n) is 5.53. The van der Waals surface area contributed by atoms with Crippen molar-refractivity contribution in [3.63, 3.8) is 0 Å². The molecule has 166 valence electrons. The highest BCUT2D eigenvalue weighted by Crippen LogP contribution is 2.21. The Morgan fingerprint density at radius 2 is 1.29 bits per heavy atom. The Labute approximate surface area is 199 Å². The van der Waals surface area contributed by atoms with Crippen molar-refractivity contribution in [3.8, 4) is 17.1 Å². The largest absolute Gasteiger partial charge is 0.278 e. The highest BCUT2D eigenvalue weighted by molar-refractivity contribution is 6.11. The first-order valence-electron chi connectivity index (χ1n) is 11.2. The van der Waals surface area contributed by atoms with E-state index >= 15 is 0 Å². The summed E-state index contributed by atoms with van der Waals surface area (Å²) in [6.45, 7) is 4.14. The molecule has 0 saturated carbocycles. The minimum Gasteiger partial charge on any atom is -0.278 e. The Morgan fingerprint density at radius 3 is 1.94 bits per heavy atom. The summed E-state index contributed by atoms with van der Waals surface area (Å²) < 4.78 is 1.87. The van der Waals surface area contributed by atoms with Gasteiger partial charge >= 0.3 is 0 Å². The molecule has 0 spiro atoms. The van der Waals surface area contributed by atoms with Crippen LogP contribution < -0.4 is 5.43 Å². The van der Waals surface area contributed by atoms with Gasteiger partial charge in [-0.1, -0.05) is 96.1 Å². The van der Waals surface area contributed by atoms with Gasteiger partial charge in [0.05, 0.1) is 11.4 Å². The number of benzene rings is 4. The molecule has 5 aromatic rings. The summed E-state index contributed by atoms with van der Waals surface area (Å²) >= 11 is 0. The predicted octanol–water partition coefficient (Wildman–Crippen LogP) is 6.42. The zero-order valence-electron chi connectivity index (χ0n) is 19.2. The highest BCUT2D eigenvalue weighted by atomic mass is 15.4. The topological polar surface area (TPSA) is 55.1 Å². The lowest BCUT2D eigenvalue weighted by Crippen LogP contribution is -2.14. The van der Waals surface area contributed by atoms with E-state index in [0.29, 0.717) is 17.4 Å². The fourth-order valence-electron chi connectivity index (χ4n) is 3.63. The first-order valence-corrected chi connectivity index (χ1v) is 11.2. The van der Waals surface area contributed by atoms with E-state index in [4.69, 9.17) is 15.2 Å². The number of anilines is 1. The average molecular weight is 444 g/mol. The van der Waals surface area contributed by atoms with Crippen LogP contribution in [0.15, 0.2) is 114 Å². The summed E-state index contributed by atoms with van der Waals surface area (Å²) in [5.74, 6) is 1.31. The fourth-order valence-corrected chi connectivity index (χ4v) is 3.63. The standard InChI is InChI=1S/C29H25N5/c1-21-13-17-25(18-14-21)31-32-27(23-9-5-3-6-10-23)29-30-28(24-11-7-4-8-12-24)33-34(29)26-19-15-22(2)16-20-26/h3-20,31H,1-2H3/b32-27+. The summed E-state index contributed by atoms with van der Waals surface area (Å²) in [6.07, 6.45) is 0. The number of hydrazone groups is 1. The van der Waals surface area contributed by atoms with Crippen LogP contribution in [0, 0.1) is 13.8 Å². The first kappa shape index (κ1) is 21.3. The summed E-state index contributed by atoms with van der Waals surface area (Å²) in [4.78, 5) is 4.96. The van der Waals surface area contributed by atoms with Crippen LogP contribution in [0.5, 0.6) is 0 Å². The molecule has 34 heavy (non-hydrogen) atoms. The third-order valence-corrected chi connectivity index (χ3v) is 5.53. The summed E-state index contributed by atoms with van der Waals surface area (Å²) in [6, 6.07) is 36.5. The second-order valence-corrected chi connectivity index (χ2v) is 8.18. The molecule has 0 bridgehead atoms. The van der Waals surface area contributed by atoms with Crippen molar-refractivity contribution in [2.45, 2.75) is 13.8 Å². The van der Waals surface area contributed by atoms with Crippen molar-refractivity contribution < 1.29 is 0 Å². The van der Waals surface area contributed by atoms with Crippen LogP contribution in [0.2, 0.25) is 0 Å². The van der Waals surface area contributed by atoms with E-state index < -0.39 is 0 Å². The molecular weight excluding hydrogens is 418 g/mol. The molecule has 0 aliphatic carbocycles.